The van der Waals surface area contributed by atoms with Crippen molar-refractivity contribution in [3.8, 4) is 11.3 Å². The zero-order valence-corrected chi connectivity index (χ0v) is 9.60. The van der Waals surface area contributed by atoms with Crippen LogP contribution in [0, 0.1) is 6.92 Å². The maximum absolute atomic E-state index is 10.9. The molecule has 1 aromatic carbocycles. The van der Waals surface area contributed by atoms with Crippen LogP contribution < -0.4 is 0 Å². The molecule has 2 heteroatoms. The summed E-state index contributed by atoms with van der Waals surface area (Å²) in [4.78, 5) is 10.9. The van der Waals surface area contributed by atoms with Gasteiger partial charge in [-0.2, -0.15) is 0 Å². The van der Waals surface area contributed by atoms with Gasteiger partial charge in [-0.25, -0.2) is 0 Å². The minimum atomic E-state index is 0.778. The molecule has 0 aliphatic heterocycles. The van der Waals surface area contributed by atoms with E-state index in [0.717, 1.165) is 35.3 Å². The van der Waals surface area contributed by atoms with Crippen molar-refractivity contribution in [2.24, 2.45) is 0 Å². The molecule has 0 radical (unpaired) electrons. The lowest BCUT2D eigenvalue weighted by Crippen LogP contribution is -1.99. The zero-order valence-electron chi connectivity index (χ0n) is 9.60. The van der Waals surface area contributed by atoms with Gasteiger partial charge in [-0.15, -0.1) is 0 Å². The Morgan fingerprint density at radius 2 is 1.94 bits per heavy atom. The predicted molar refractivity (Wildman–Crippen MR) is 65.7 cm³/mol. The molecular formula is C14H15NO. The van der Waals surface area contributed by atoms with Crippen LogP contribution in [-0.2, 0) is 6.54 Å². The van der Waals surface area contributed by atoms with Gasteiger partial charge in [0.15, 0.2) is 6.29 Å². The normalized spacial score (nSPS) is 10.4. The van der Waals surface area contributed by atoms with Crippen molar-refractivity contribution in [3.05, 3.63) is 47.7 Å². The Kier molecular flexibility index (Phi) is 2.91. The first kappa shape index (κ1) is 10.7. The van der Waals surface area contributed by atoms with E-state index in [1.165, 1.54) is 0 Å². The van der Waals surface area contributed by atoms with Crippen LogP contribution in [0.3, 0.4) is 0 Å². The quantitative estimate of drug-likeness (QED) is 0.717. The van der Waals surface area contributed by atoms with Gasteiger partial charge in [-0.05, 0) is 25.5 Å². The highest BCUT2D eigenvalue weighted by molar-refractivity contribution is 5.80. The molecule has 2 rings (SSSR count). The lowest BCUT2D eigenvalue weighted by atomic mass is 10.1. The molecule has 0 spiro atoms. The van der Waals surface area contributed by atoms with Gasteiger partial charge in [0.1, 0.15) is 0 Å². The van der Waals surface area contributed by atoms with Crippen LogP contribution in [0.15, 0.2) is 36.4 Å². The summed E-state index contributed by atoms with van der Waals surface area (Å²) in [6.07, 6.45) is 0.925. The second-order valence-electron chi connectivity index (χ2n) is 3.80. The van der Waals surface area contributed by atoms with Crippen LogP contribution in [0.2, 0.25) is 0 Å². The van der Waals surface area contributed by atoms with Gasteiger partial charge < -0.3 is 4.57 Å². The Morgan fingerprint density at radius 3 is 2.50 bits per heavy atom. The number of rotatable bonds is 3. The molecule has 0 aliphatic carbocycles. The third-order valence-corrected chi connectivity index (χ3v) is 2.92. The van der Waals surface area contributed by atoms with Crippen LogP contribution in [0.5, 0.6) is 0 Å². The maximum atomic E-state index is 10.9. The fraction of sp³-hybridized carbons (Fsp3) is 0.214. The molecule has 0 saturated carbocycles. The summed E-state index contributed by atoms with van der Waals surface area (Å²) in [5.41, 5.74) is 4.08. The number of aldehydes is 1. The molecule has 0 bridgehead atoms. The van der Waals surface area contributed by atoms with E-state index in [0.29, 0.717) is 0 Å². The van der Waals surface area contributed by atoms with Crippen LogP contribution in [-0.4, -0.2) is 10.9 Å². The van der Waals surface area contributed by atoms with Crippen molar-refractivity contribution in [2.45, 2.75) is 20.4 Å². The molecule has 1 heterocycles. The predicted octanol–water partition coefficient (Wildman–Crippen LogP) is 3.30. The van der Waals surface area contributed by atoms with Gasteiger partial charge in [-0.3, -0.25) is 4.79 Å². The summed E-state index contributed by atoms with van der Waals surface area (Å²) in [5.74, 6) is 0. The SMILES string of the molecule is CCn1c(-c2ccccc2)cc(C=O)c1C. The van der Waals surface area contributed by atoms with Crippen molar-refractivity contribution in [2.75, 3.05) is 0 Å². The first-order valence-electron chi connectivity index (χ1n) is 5.48. The van der Waals surface area contributed by atoms with E-state index in [1.807, 2.05) is 31.2 Å². The van der Waals surface area contributed by atoms with Crippen LogP contribution >= 0.6 is 0 Å². The number of benzene rings is 1. The van der Waals surface area contributed by atoms with Gasteiger partial charge in [-0.1, -0.05) is 30.3 Å². The average Bonchev–Trinajstić information content (AvgIpc) is 2.66. The highest BCUT2D eigenvalue weighted by Crippen LogP contribution is 2.24. The van der Waals surface area contributed by atoms with E-state index in [4.69, 9.17) is 0 Å². The lowest BCUT2D eigenvalue weighted by Gasteiger charge is -2.08. The van der Waals surface area contributed by atoms with Crippen molar-refractivity contribution < 1.29 is 4.79 Å². The van der Waals surface area contributed by atoms with E-state index in [1.54, 1.807) is 0 Å². The summed E-state index contributed by atoms with van der Waals surface area (Å²) < 4.78 is 2.17. The monoisotopic (exact) mass is 213 g/mol. The first-order valence-corrected chi connectivity index (χ1v) is 5.48. The zero-order chi connectivity index (χ0) is 11.5. The molecule has 2 nitrogen and oxygen atoms in total. The number of carbonyl (C=O) groups is 1. The smallest absolute Gasteiger partial charge is 0.151 e. The molecule has 82 valence electrons. The number of hydrogen-bond donors (Lipinski definition) is 0. The van der Waals surface area contributed by atoms with Gasteiger partial charge >= 0.3 is 0 Å². The average molecular weight is 213 g/mol. The second kappa shape index (κ2) is 4.35. The Bertz CT molecular complexity index is 497. The van der Waals surface area contributed by atoms with E-state index in [2.05, 4.69) is 23.6 Å². The van der Waals surface area contributed by atoms with E-state index in [-0.39, 0.29) is 0 Å². The molecule has 0 atom stereocenters. The third kappa shape index (κ3) is 1.67. The fourth-order valence-corrected chi connectivity index (χ4v) is 2.04. The summed E-state index contributed by atoms with van der Waals surface area (Å²) in [6, 6.07) is 12.1. The second-order valence-corrected chi connectivity index (χ2v) is 3.80. The van der Waals surface area contributed by atoms with Gasteiger partial charge in [0, 0.05) is 23.5 Å². The Hall–Kier alpha value is -1.83. The molecule has 0 N–H and O–H groups in total. The largest absolute Gasteiger partial charge is 0.344 e. The molecule has 1 aromatic heterocycles. The maximum Gasteiger partial charge on any atom is 0.151 e. The topological polar surface area (TPSA) is 22.0 Å². The Labute approximate surface area is 95.5 Å². The Balaban J connectivity index is 2.61. The molecule has 0 amide bonds. The molecule has 2 aromatic rings. The van der Waals surface area contributed by atoms with E-state index < -0.39 is 0 Å². The van der Waals surface area contributed by atoms with Crippen LogP contribution in [0.4, 0.5) is 0 Å². The summed E-state index contributed by atoms with van der Waals surface area (Å²) in [6.45, 7) is 4.96. The van der Waals surface area contributed by atoms with Gasteiger partial charge in [0.2, 0.25) is 0 Å². The Morgan fingerprint density at radius 1 is 1.25 bits per heavy atom. The van der Waals surface area contributed by atoms with Gasteiger partial charge in [0.25, 0.3) is 0 Å². The molecule has 0 unspecified atom stereocenters. The summed E-state index contributed by atoms with van der Waals surface area (Å²) >= 11 is 0. The van der Waals surface area contributed by atoms with Crippen molar-refractivity contribution in [1.29, 1.82) is 0 Å². The van der Waals surface area contributed by atoms with Gasteiger partial charge in [0.05, 0.1) is 0 Å². The highest BCUT2D eigenvalue weighted by Gasteiger charge is 2.10. The number of carbonyl (C=O) groups excluding carboxylic acids is 1. The lowest BCUT2D eigenvalue weighted by molar-refractivity contribution is 0.112. The van der Waals surface area contributed by atoms with E-state index in [9.17, 15) is 4.79 Å². The van der Waals surface area contributed by atoms with E-state index >= 15 is 0 Å². The summed E-state index contributed by atoms with van der Waals surface area (Å²) in [5, 5.41) is 0. The first-order chi connectivity index (χ1) is 7.77. The highest BCUT2D eigenvalue weighted by atomic mass is 16.1. The van der Waals surface area contributed by atoms with Crippen molar-refractivity contribution >= 4 is 6.29 Å². The number of nitrogens with zero attached hydrogens (tertiary/aromatic N) is 1. The summed E-state index contributed by atoms with van der Waals surface area (Å²) in [7, 11) is 0. The van der Waals surface area contributed by atoms with Crippen molar-refractivity contribution in [3.63, 3.8) is 0 Å². The molecule has 0 aliphatic rings. The molecule has 16 heavy (non-hydrogen) atoms. The van der Waals surface area contributed by atoms with Crippen LogP contribution in [0.1, 0.15) is 23.0 Å². The number of hydrogen-bond acceptors (Lipinski definition) is 1. The standard InChI is InChI=1S/C14H15NO/c1-3-15-11(2)13(10-16)9-14(15)12-7-5-4-6-8-12/h4-10H,3H2,1-2H3. The van der Waals surface area contributed by atoms with Crippen molar-refractivity contribution in [1.82, 2.24) is 4.57 Å². The number of aromatic nitrogens is 1. The third-order valence-electron chi connectivity index (χ3n) is 2.92. The minimum absolute atomic E-state index is 0.778. The minimum Gasteiger partial charge on any atom is -0.344 e. The molecule has 0 saturated heterocycles. The van der Waals surface area contributed by atoms with Crippen LogP contribution in [0.25, 0.3) is 11.3 Å². The molecule has 0 fully saturated rings. The fourth-order valence-electron chi connectivity index (χ4n) is 2.04. The molecular weight excluding hydrogens is 198 g/mol.